The van der Waals surface area contributed by atoms with Gasteiger partial charge in [0.05, 0.1) is 0 Å². The molecule has 0 nitrogen and oxygen atoms in total. The number of halogens is 2. The Morgan fingerprint density at radius 2 is 0.929 bits per heavy atom. The molecule has 0 saturated carbocycles. The predicted molar refractivity (Wildman–Crippen MR) is 81.1 cm³/mol. The first-order valence-corrected chi connectivity index (χ1v) is 6.56. The molecular formula is C12H12I2. The molecule has 0 aliphatic carbocycles. The molecule has 2 heteroatoms. The second-order valence-electron chi connectivity index (χ2n) is 2.73. The normalized spacial score (nSPS) is 9.43. The van der Waals surface area contributed by atoms with Crippen molar-refractivity contribution in [2.24, 2.45) is 0 Å². The molecule has 0 heterocycles. The zero-order chi connectivity index (χ0) is 8.93. The molecule has 0 amide bonds. The summed E-state index contributed by atoms with van der Waals surface area (Å²) in [5.41, 5.74) is 0. The Balaban J connectivity index is 0.000000980. The van der Waals surface area contributed by atoms with Crippen LogP contribution in [0.2, 0.25) is 0 Å². The molecule has 0 N–H and O–H groups in total. The quantitative estimate of drug-likeness (QED) is 0.656. The third-order valence-electron chi connectivity index (χ3n) is 1.72. The maximum atomic E-state index is 2.22. The van der Waals surface area contributed by atoms with E-state index in [4.69, 9.17) is 0 Å². The third-order valence-corrected chi connectivity index (χ3v) is 4.62. The van der Waals surface area contributed by atoms with Crippen LogP contribution in [0.3, 0.4) is 0 Å². The van der Waals surface area contributed by atoms with Gasteiger partial charge in [0.25, 0.3) is 0 Å². The zero-order valence-electron chi connectivity index (χ0n) is 7.59. The van der Waals surface area contributed by atoms with Crippen molar-refractivity contribution >= 4 is 45.2 Å². The van der Waals surface area contributed by atoms with Crippen LogP contribution in [0.25, 0.3) is 0 Å². The van der Waals surface area contributed by atoms with E-state index in [1.807, 2.05) is 0 Å². The average molecular weight is 410 g/mol. The van der Waals surface area contributed by atoms with Crippen molar-refractivity contribution in [1.82, 2.24) is 0 Å². The predicted octanol–water partition coefficient (Wildman–Crippen LogP) is 4.05. The minimum absolute atomic E-state index is 0. The zero-order valence-corrected chi connectivity index (χ0v) is 12.3. The fourth-order valence-electron chi connectivity index (χ4n) is 1.11. The Hall–Kier alpha value is -0.100. The fraction of sp³-hybridized carbons (Fsp3) is 0. The minimum atomic E-state index is -0.153. The summed E-state index contributed by atoms with van der Waals surface area (Å²) in [6.07, 6.45) is 0. The van der Waals surface area contributed by atoms with Crippen LogP contribution in [0.15, 0.2) is 60.7 Å². The van der Waals surface area contributed by atoms with Crippen molar-refractivity contribution < 1.29 is 0 Å². The summed E-state index contributed by atoms with van der Waals surface area (Å²) < 4.78 is 3.00. The van der Waals surface area contributed by atoms with Crippen LogP contribution < -0.4 is 0 Å². The monoisotopic (exact) mass is 410 g/mol. The van der Waals surface area contributed by atoms with Gasteiger partial charge >= 0.3 is 89.0 Å². The molecule has 0 aliphatic heterocycles. The van der Waals surface area contributed by atoms with Crippen molar-refractivity contribution in [3.8, 4) is 0 Å². The second-order valence-corrected chi connectivity index (χ2v) is 6.00. The van der Waals surface area contributed by atoms with Crippen LogP contribution in [0.1, 0.15) is 0 Å². The van der Waals surface area contributed by atoms with Gasteiger partial charge in [-0.1, -0.05) is 0 Å². The van der Waals surface area contributed by atoms with Gasteiger partial charge in [-0.05, 0) is 0 Å². The van der Waals surface area contributed by atoms with Crippen LogP contribution in [0.5, 0.6) is 0 Å². The van der Waals surface area contributed by atoms with Gasteiger partial charge in [0.1, 0.15) is 0 Å². The van der Waals surface area contributed by atoms with Crippen molar-refractivity contribution in [2.75, 3.05) is 0 Å². The number of benzene rings is 2. The summed E-state index contributed by atoms with van der Waals surface area (Å²) in [5, 5.41) is 0. The number of hydrogen-bond acceptors (Lipinski definition) is 0. The second kappa shape index (κ2) is 6.40. The molecule has 14 heavy (non-hydrogen) atoms. The van der Waals surface area contributed by atoms with E-state index < -0.39 is 0 Å². The molecule has 2 rings (SSSR count). The first-order chi connectivity index (χ1) is 6.45. The molecule has 0 bridgehead atoms. The Morgan fingerprint density at radius 3 is 1.29 bits per heavy atom. The SMILES string of the molecule is I.c1ccc([IH]c2ccccc2)cc1. The summed E-state index contributed by atoms with van der Waals surface area (Å²) in [6, 6.07) is 21.5. The van der Waals surface area contributed by atoms with E-state index in [9.17, 15) is 0 Å². The summed E-state index contributed by atoms with van der Waals surface area (Å²) in [4.78, 5) is 0. The average Bonchev–Trinajstić information content (AvgIpc) is 2.21. The topological polar surface area (TPSA) is 0 Å². The molecule has 2 aromatic rings. The molecule has 0 unspecified atom stereocenters. The van der Waals surface area contributed by atoms with Crippen LogP contribution in [0, 0.1) is 7.14 Å². The molecule has 0 atom stereocenters. The molecule has 2 aromatic carbocycles. The van der Waals surface area contributed by atoms with Gasteiger partial charge in [0.15, 0.2) is 0 Å². The van der Waals surface area contributed by atoms with Gasteiger partial charge in [-0.3, -0.25) is 0 Å². The van der Waals surface area contributed by atoms with Gasteiger partial charge in [0, 0.05) is 0 Å². The molecular weight excluding hydrogens is 398 g/mol. The summed E-state index contributed by atoms with van der Waals surface area (Å²) in [5.74, 6) is 0. The first-order valence-electron chi connectivity index (χ1n) is 4.23. The van der Waals surface area contributed by atoms with Crippen LogP contribution in [-0.2, 0) is 0 Å². The molecule has 0 aromatic heterocycles. The molecule has 0 aliphatic rings. The standard InChI is InChI=1S/C12H11I.HI/c1-3-7-11(8-4-1)13-12-9-5-2-6-10-12;/h1-10,13H;1H. The summed E-state index contributed by atoms with van der Waals surface area (Å²) in [7, 11) is 0. The van der Waals surface area contributed by atoms with Gasteiger partial charge in [0.2, 0.25) is 0 Å². The van der Waals surface area contributed by atoms with Crippen molar-refractivity contribution in [1.29, 1.82) is 0 Å². The number of hydrogen-bond donors (Lipinski definition) is 0. The van der Waals surface area contributed by atoms with E-state index in [1.165, 1.54) is 7.14 Å². The van der Waals surface area contributed by atoms with E-state index >= 15 is 0 Å². The Kier molecular flexibility index (Phi) is 5.47. The van der Waals surface area contributed by atoms with E-state index in [1.54, 1.807) is 0 Å². The molecule has 74 valence electrons. The van der Waals surface area contributed by atoms with Crippen LogP contribution in [0.4, 0.5) is 0 Å². The van der Waals surface area contributed by atoms with Crippen molar-refractivity contribution in [3.63, 3.8) is 0 Å². The maximum absolute atomic E-state index is 2.22. The molecule has 0 saturated heterocycles. The van der Waals surface area contributed by atoms with E-state index in [0.29, 0.717) is 0 Å². The summed E-state index contributed by atoms with van der Waals surface area (Å²) in [6.45, 7) is 0. The molecule has 0 fully saturated rings. The van der Waals surface area contributed by atoms with Gasteiger partial charge in [-0.15, -0.1) is 24.0 Å². The van der Waals surface area contributed by atoms with E-state index in [0.717, 1.165) is 0 Å². The van der Waals surface area contributed by atoms with Crippen LogP contribution >= 0.6 is 45.2 Å². The van der Waals surface area contributed by atoms with Gasteiger partial charge in [-0.25, -0.2) is 0 Å². The van der Waals surface area contributed by atoms with Crippen LogP contribution in [-0.4, -0.2) is 0 Å². The Labute approximate surface area is 112 Å². The van der Waals surface area contributed by atoms with E-state index in [2.05, 4.69) is 60.7 Å². The fourth-order valence-corrected chi connectivity index (χ4v) is 3.56. The Morgan fingerprint density at radius 1 is 0.571 bits per heavy atom. The summed E-state index contributed by atoms with van der Waals surface area (Å²) >= 11 is -0.153. The van der Waals surface area contributed by atoms with Crippen molar-refractivity contribution in [3.05, 3.63) is 67.8 Å². The van der Waals surface area contributed by atoms with Crippen molar-refractivity contribution in [2.45, 2.75) is 0 Å². The number of rotatable bonds is 2. The third kappa shape index (κ3) is 3.57. The molecule has 0 spiro atoms. The van der Waals surface area contributed by atoms with Gasteiger partial charge < -0.3 is 0 Å². The molecule has 0 radical (unpaired) electrons. The van der Waals surface area contributed by atoms with E-state index in [-0.39, 0.29) is 45.2 Å². The Bertz CT molecular complexity index is 319. The first kappa shape index (κ1) is 12.0. The van der Waals surface area contributed by atoms with Gasteiger partial charge in [-0.2, -0.15) is 0 Å².